The number of rotatable bonds is 8. The first-order chi connectivity index (χ1) is 14.9. The first-order valence-electron chi connectivity index (χ1n) is 10.8. The summed E-state index contributed by atoms with van der Waals surface area (Å²) in [5.41, 5.74) is 3.32. The van der Waals surface area contributed by atoms with Gasteiger partial charge in [0, 0.05) is 50.5 Å². The van der Waals surface area contributed by atoms with Gasteiger partial charge in [-0.2, -0.15) is 5.10 Å². The molecule has 164 valence electrons. The summed E-state index contributed by atoms with van der Waals surface area (Å²) < 4.78 is 13.2. The van der Waals surface area contributed by atoms with Gasteiger partial charge in [0.15, 0.2) is 0 Å². The summed E-state index contributed by atoms with van der Waals surface area (Å²) >= 11 is 0. The molecule has 1 aromatic carbocycles. The average molecular weight is 439 g/mol. The molecule has 0 radical (unpaired) electrons. The zero-order chi connectivity index (χ0) is 21.8. The molecule has 0 N–H and O–H groups in total. The van der Waals surface area contributed by atoms with Crippen molar-refractivity contribution in [1.82, 2.24) is 14.8 Å². The Balaban J connectivity index is 1.60. The van der Waals surface area contributed by atoms with Crippen LogP contribution in [0.4, 0.5) is 5.82 Å². The first-order valence-corrected chi connectivity index (χ1v) is 14.5. The van der Waals surface area contributed by atoms with E-state index < -0.39 is 8.07 Å². The highest BCUT2D eigenvalue weighted by molar-refractivity contribution is 6.76. The van der Waals surface area contributed by atoms with E-state index in [-0.39, 0.29) is 0 Å². The number of morpholine rings is 1. The van der Waals surface area contributed by atoms with Gasteiger partial charge < -0.3 is 14.4 Å². The molecule has 0 amide bonds. The smallest absolute Gasteiger partial charge is 0.150 e. The maximum atomic E-state index is 11.3. The van der Waals surface area contributed by atoms with Crippen LogP contribution in [-0.4, -0.2) is 62.0 Å². The van der Waals surface area contributed by atoms with Crippen LogP contribution >= 0.6 is 0 Å². The van der Waals surface area contributed by atoms with Crippen molar-refractivity contribution >= 4 is 31.1 Å². The largest absolute Gasteiger partial charge is 0.378 e. The molecule has 4 rings (SSSR count). The van der Waals surface area contributed by atoms with Crippen LogP contribution in [0.2, 0.25) is 25.7 Å². The third kappa shape index (κ3) is 5.20. The van der Waals surface area contributed by atoms with Crippen LogP contribution in [0.15, 0.2) is 36.5 Å². The summed E-state index contributed by atoms with van der Waals surface area (Å²) in [7, 11) is -1.15. The second-order valence-corrected chi connectivity index (χ2v) is 14.7. The molecular weight excluding hydrogens is 408 g/mol. The van der Waals surface area contributed by atoms with Crippen LogP contribution in [0.5, 0.6) is 0 Å². The van der Waals surface area contributed by atoms with Crippen molar-refractivity contribution in [3.05, 3.63) is 42.1 Å². The topological polar surface area (TPSA) is 69.5 Å². The zero-order valence-corrected chi connectivity index (χ0v) is 19.5. The molecule has 1 saturated heterocycles. The Labute approximate surface area is 184 Å². The lowest BCUT2D eigenvalue weighted by atomic mass is 10.1. The van der Waals surface area contributed by atoms with Crippen LogP contribution in [0.1, 0.15) is 10.4 Å². The molecule has 2 aromatic heterocycles. The minimum absolute atomic E-state index is 0.364. The molecule has 0 unspecified atom stereocenters. The number of fused-ring (bicyclic) bond motifs is 1. The molecule has 3 aromatic rings. The summed E-state index contributed by atoms with van der Waals surface area (Å²) in [5.74, 6) is 0.953. The number of aromatic nitrogens is 3. The number of carbonyl (C=O) groups is 1. The summed E-state index contributed by atoms with van der Waals surface area (Å²) in [6.45, 7) is 11.3. The number of aldehydes is 1. The Hall–Kier alpha value is -2.55. The predicted molar refractivity (Wildman–Crippen MR) is 125 cm³/mol. The van der Waals surface area contributed by atoms with Crippen molar-refractivity contribution in [3.63, 3.8) is 0 Å². The average Bonchev–Trinajstić information content (AvgIpc) is 3.14. The van der Waals surface area contributed by atoms with Crippen LogP contribution in [0.3, 0.4) is 0 Å². The second-order valence-electron chi connectivity index (χ2n) is 9.10. The first kappa shape index (κ1) is 21.7. The molecular formula is C23H30N4O3Si. The maximum Gasteiger partial charge on any atom is 0.150 e. The molecule has 0 bridgehead atoms. The lowest BCUT2D eigenvalue weighted by Gasteiger charge is -2.27. The van der Waals surface area contributed by atoms with E-state index in [1.807, 2.05) is 35.1 Å². The number of pyridine rings is 1. The van der Waals surface area contributed by atoms with E-state index in [0.29, 0.717) is 12.3 Å². The molecule has 3 heterocycles. The number of hydrogen-bond donors (Lipinski definition) is 0. The van der Waals surface area contributed by atoms with Crippen molar-refractivity contribution in [2.45, 2.75) is 32.4 Å². The minimum Gasteiger partial charge on any atom is -0.378 e. The van der Waals surface area contributed by atoms with E-state index in [9.17, 15) is 4.79 Å². The SMILES string of the molecule is C[Si](C)(C)CCOCn1nc(-c2ccc(N3CCOCC3)nc2)c2ccc(C=O)cc21. The van der Waals surface area contributed by atoms with E-state index >= 15 is 0 Å². The fourth-order valence-electron chi connectivity index (χ4n) is 3.61. The highest BCUT2D eigenvalue weighted by Gasteiger charge is 2.17. The molecule has 0 aliphatic carbocycles. The summed E-state index contributed by atoms with van der Waals surface area (Å²) in [6, 6.07) is 10.9. The highest BCUT2D eigenvalue weighted by Crippen LogP contribution is 2.29. The molecule has 8 heteroatoms. The number of benzene rings is 1. The van der Waals surface area contributed by atoms with Gasteiger partial charge in [-0.05, 0) is 30.3 Å². The Morgan fingerprint density at radius 3 is 2.65 bits per heavy atom. The second kappa shape index (κ2) is 9.29. The normalized spacial score (nSPS) is 14.9. The van der Waals surface area contributed by atoms with Crippen LogP contribution in [-0.2, 0) is 16.2 Å². The molecule has 1 aliphatic rings. The molecule has 0 atom stereocenters. The van der Waals surface area contributed by atoms with E-state index in [1.54, 1.807) is 0 Å². The predicted octanol–water partition coefficient (Wildman–Crippen LogP) is 4.06. The van der Waals surface area contributed by atoms with Crippen LogP contribution in [0, 0.1) is 0 Å². The fraction of sp³-hybridized carbons (Fsp3) is 0.435. The van der Waals surface area contributed by atoms with Gasteiger partial charge in [-0.15, -0.1) is 0 Å². The van der Waals surface area contributed by atoms with Gasteiger partial charge in [-0.25, -0.2) is 9.67 Å². The molecule has 1 aliphatic heterocycles. The van der Waals surface area contributed by atoms with Crippen molar-refractivity contribution in [2.24, 2.45) is 0 Å². The van der Waals surface area contributed by atoms with Crippen LogP contribution in [0.25, 0.3) is 22.2 Å². The third-order valence-corrected chi connectivity index (χ3v) is 7.18. The number of nitrogens with zero attached hydrogens (tertiary/aromatic N) is 4. The van der Waals surface area contributed by atoms with Crippen molar-refractivity contribution in [2.75, 3.05) is 37.8 Å². The Kier molecular flexibility index (Phi) is 6.50. The van der Waals surface area contributed by atoms with E-state index in [1.165, 1.54) is 0 Å². The number of carbonyl (C=O) groups excluding carboxylic acids is 1. The van der Waals surface area contributed by atoms with Gasteiger partial charge in [0.25, 0.3) is 0 Å². The Bertz CT molecular complexity index is 1040. The van der Waals surface area contributed by atoms with Gasteiger partial charge in [-0.3, -0.25) is 4.79 Å². The van der Waals surface area contributed by atoms with E-state index in [0.717, 1.165) is 73.2 Å². The van der Waals surface area contributed by atoms with Crippen LogP contribution < -0.4 is 4.90 Å². The third-order valence-electron chi connectivity index (χ3n) is 5.48. The van der Waals surface area contributed by atoms with Crippen molar-refractivity contribution < 1.29 is 14.3 Å². The maximum absolute atomic E-state index is 11.3. The summed E-state index contributed by atoms with van der Waals surface area (Å²) in [4.78, 5) is 18.2. The van der Waals surface area contributed by atoms with Gasteiger partial charge in [0.05, 0.1) is 18.7 Å². The van der Waals surface area contributed by atoms with E-state index in [4.69, 9.17) is 14.6 Å². The minimum atomic E-state index is -1.15. The number of hydrogen-bond acceptors (Lipinski definition) is 6. The summed E-state index contributed by atoms with van der Waals surface area (Å²) in [6.07, 6.45) is 2.73. The van der Waals surface area contributed by atoms with Gasteiger partial charge >= 0.3 is 0 Å². The quantitative estimate of drug-likeness (QED) is 0.300. The zero-order valence-electron chi connectivity index (χ0n) is 18.5. The van der Waals surface area contributed by atoms with Gasteiger partial charge in [-0.1, -0.05) is 25.7 Å². The fourth-order valence-corrected chi connectivity index (χ4v) is 4.37. The molecule has 0 spiro atoms. The summed E-state index contributed by atoms with van der Waals surface area (Å²) in [5, 5.41) is 5.81. The lowest BCUT2D eigenvalue weighted by Crippen LogP contribution is -2.36. The van der Waals surface area contributed by atoms with Gasteiger partial charge in [0.1, 0.15) is 24.5 Å². The van der Waals surface area contributed by atoms with E-state index in [2.05, 4.69) is 35.6 Å². The number of ether oxygens (including phenoxy) is 2. The molecule has 1 fully saturated rings. The lowest BCUT2D eigenvalue weighted by molar-refractivity contribution is 0.0818. The highest BCUT2D eigenvalue weighted by atomic mass is 28.3. The standard InChI is InChI=1S/C23H30N4O3Si/c1-31(2,3)13-12-30-17-27-21-14-18(16-28)4-6-20(21)23(25-27)19-5-7-22(24-15-19)26-8-10-29-11-9-26/h4-7,14-16H,8-13,17H2,1-3H3. The van der Waals surface area contributed by atoms with Crippen molar-refractivity contribution in [1.29, 1.82) is 0 Å². The molecule has 7 nitrogen and oxygen atoms in total. The monoisotopic (exact) mass is 438 g/mol. The Morgan fingerprint density at radius 2 is 1.97 bits per heavy atom. The molecule has 31 heavy (non-hydrogen) atoms. The van der Waals surface area contributed by atoms with Gasteiger partial charge in [0.2, 0.25) is 0 Å². The molecule has 0 saturated carbocycles. The van der Waals surface area contributed by atoms with Crippen molar-refractivity contribution in [3.8, 4) is 11.3 Å². The Morgan fingerprint density at radius 1 is 1.16 bits per heavy atom. The number of anilines is 1.